The molecule has 1 N–H and O–H groups in total. The second-order valence-electron chi connectivity index (χ2n) is 14.9. The second kappa shape index (κ2) is 9.86. The molecule has 0 amide bonds. The Labute approximate surface area is 278 Å². The SMILES string of the molecule is c1ccc(-c2nc(-c3ccc(C45CC6CC(CC(C6)C4)C5)cc3)nc(-n3c4ccccc4c4cc5c(cc43)[nH]c3ccccc35)n2)cc1. The molecule has 0 saturated heterocycles. The first-order valence-electron chi connectivity index (χ1n) is 17.5. The lowest BCUT2D eigenvalue weighted by Gasteiger charge is -2.57. The number of hydrogen-bond acceptors (Lipinski definition) is 3. The number of H-pyrrole nitrogens is 1. The summed E-state index contributed by atoms with van der Waals surface area (Å²) >= 11 is 0. The van der Waals surface area contributed by atoms with Crippen LogP contribution in [0.3, 0.4) is 0 Å². The fraction of sp³-hybridized carbons (Fsp3) is 0.233. The monoisotopic (exact) mass is 621 g/mol. The van der Waals surface area contributed by atoms with Crippen LogP contribution in [-0.2, 0) is 5.41 Å². The van der Waals surface area contributed by atoms with Crippen molar-refractivity contribution in [3.63, 3.8) is 0 Å². The van der Waals surface area contributed by atoms with E-state index in [1.807, 2.05) is 18.2 Å². The van der Waals surface area contributed by atoms with Gasteiger partial charge in [0.15, 0.2) is 11.6 Å². The van der Waals surface area contributed by atoms with E-state index < -0.39 is 0 Å². The summed E-state index contributed by atoms with van der Waals surface area (Å²) in [7, 11) is 0. The van der Waals surface area contributed by atoms with E-state index >= 15 is 0 Å². The predicted octanol–water partition coefficient (Wildman–Crippen LogP) is 10.4. The largest absolute Gasteiger partial charge is 0.354 e. The fourth-order valence-corrected chi connectivity index (χ4v) is 10.3. The molecule has 4 fully saturated rings. The molecular formula is C43H35N5. The third-order valence-corrected chi connectivity index (χ3v) is 11.9. The zero-order valence-corrected chi connectivity index (χ0v) is 26.7. The van der Waals surface area contributed by atoms with Crippen LogP contribution >= 0.6 is 0 Å². The maximum atomic E-state index is 5.25. The minimum Gasteiger partial charge on any atom is -0.354 e. The molecule has 0 unspecified atom stereocenters. The van der Waals surface area contributed by atoms with E-state index in [-0.39, 0.29) is 0 Å². The zero-order chi connectivity index (χ0) is 31.4. The average Bonchev–Trinajstić information content (AvgIpc) is 3.65. The van der Waals surface area contributed by atoms with Crippen molar-refractivity contribution in [2.75, 3.05) is 0 Å². The maximum absolute atomic E-state index is 5.25. The van der Waals surface area contributed by atoms with Crippen LogP contribution < -0.4 is 0 Å². The quantitative estimate of drug-likeness (QED) is 0.213. The third kappa shape index (κ3) is 3.94. The zero-order valence-electron chi connectivity index (χ0n) is 26.7. The molecule has 0 radical (unpaired) electrons. The van der Waals surface area contributed by atoms with Gasteiger partial charge in [-0.3, -0.25) is 4.57 Å². The van der Waals surface area contributed by atoms with E-state index in [2.05, 4.69) is 107 Å². The lowest BCUT2D eigenvalue weighted by molar-refractivity contribution is -0.00518. The molecule has 12 rings (SSSR count). The topological polar surface area (TPSA) is 59.4 Å². The molecule has 0 aliphatic heterocycles. The van der Waals surface area contributed by atoms with Crippen LogP contribution in [-0.4, -0.2) is 24.5 Å². The summed E-state index contributed by atoms with van der Waals surface area (Å²) in [6.45, 7) is 0. The molecule has 4 bridgehead atoms. The highest BCUT2D eigenvalue weighted by atomic mass is 15.2. The van der Waals surface area contributed by atoms with Gasteiger partial charge in [-0.1, -0.05) is 91.0 Å². The highest BCUT2D eigenvalue weighted by Gasteiger charge is 2.51. The molecule has 4 aliphatic rings. The number of nitrogens with one attached hydrogen (secondary N) is 1. The number of aromatic amines is 1. The summed E-state index contributed by atoms with van der Waals surface area (Å²) in [4.78, 5) is 19.2. The van der Waals surface area contributed by atoms with Gasteiger partial charge >= 0.3 is 0 Å². The van der Waals surface area contributed by atoms with E-state index in [9.17, 15) is 0 Å². The highest BCUT2D eigenvalue weighted by molar-refractivity contribution is 6.18. The number of nitrogens with zero attached hydrogens (tertiary/aromatic N) is 4. The van der Waals surface area contributed by atoms with E-state index in [1.165, 1.54) is 65.6 Å². The third-order valence-electron chi connectivity index (χ3n) is 11.9. The molecule has 5 heteroatoms. The number of rotatable bonds is 4. The van der Waals surface area contributed by atoms with Gasteiger partial charge in [0.25, 0.3) is 0 Å². The number of aromatic nitrogens is 5. The molecule has 0 spiro atoms. The van der Waals surface area contributed by atoms with Gasteiger partial charge in [-0.2, -0.15) is 9.97 Å². The Balaban J connectivity index is 1.10. The molecular weight excluding hydrogens is 587 g/mol. The van der Waals surface area contributed by atoms with Crippen LogP contribution in [0.2, 0.25) is 0 Å². The van der Waals surface area contributed by atoms with Gasteiger partial charge in [-0.05, 0) is 91.5 Å². The normalized spacial score (nSPS) is 23.2. The van der Waals surface area contributed by atoms with Crippen LogP contribution in [0, 0.1) is 17.8 Å². The average molecular weight is 622 g/mol. The maximum Gasteiger partial charge on any atom is 0.238 e. The Bertz CT molecular complexity index is 2500. The van der Waals surface area contributed by atoms with Gasteiger partial charge in [0.05, 0.1) is 11.0 Å². The molecule has 3 heterocycles. The van der Waals surface area contributed by atoms with Crippen LogP contribution in [0.5, 0.6) is 0 Å². The first-order chi connectivity index (χ1) is 23.7. The van der Waals surface area contributed by atoms with Crippen LogP contribution in [0.25, 0.3) is 72.3 Å². The summed E-state index contributed by atoms with van der Waals surface area (Å²) in [6, 6.07) is 41.3. The van der Waals surface area contributed by atoms with Crippen LogP contribution in [0.1, 0.15) is 44.1 Å². The molecule has 4 saturated carbocycles. The lowest BCUT2D eigenvalue weighted by Crippen LogP contribution is -2.48. The number of fused-ring (bicyclic) bond motifs is 6. The Kier molecular flexibility index (Phi) is 5.50. The van der Waals surface area contributed by atoms with Gasteiger partial charge in [0, 0.05) is 43.7 Å². The lowest BCUT2D eigenvalue weighted by atomic mass is 9.48. The molecule has 0 atom stereocenters. The Hall–Kier alpha value is -5.29. The summed E-state index contributed by atoms with van der Waals surface area (Å²) in [5.41, 5.74) is 8.29. The van der Waals surface area contributed by atoms with Gasteiger partial charge in [-0.15, -0.1) is 0 Å². The van der Waals surface area contributed by atoms with Gasteiger partial charge in [0.2, 0.25) is 5.95 Å². The minimum absolute atomic E-state index is 0.365. The molecule has 8 aromatic rings. The number of para-hydroxylation sites is 2. The molecule has 4 aliphatic carbocycles. The van der Waals surface area contributed by atoms with Crippen molar-refractivity contribution < 1.29 is 0 Å². The van der Waals surface area contributed by atoms with Crippen molar-refractivity contribution in [1.29, 1.82) is 0 Å². The van der Waals surface area contributed by atoms with E-state index in [0.717, 1.165) is 50.9 Å². The Morgan fingerprint density at radius 1 is 0.521 bits per heavy atom. The minimum atomic E-state index is 0.365. The van der Waals surface area contributed by atoms with E-state index in [1.54, 1.807) is 0 Å². The number of benzene rings is 5. The van der Waals surface area contributed by atoms with Crippen molar-refractivity contribution in [2.45, 2.75) is 43.9 Å². The van der Waals surface area contributed by atoms with Crippen molar-refractivity contribution >= 4 is 43.6 Å². The van der Waals surface area contributed by atoms with Crippen molar-refractivity contribution in [3.8, 4) is 28.7 Å². The van der Waals surface area contributed by atoms with Crippen molar-refractivity contribution in [3.05, 3.63) is 121 Å². The molecule has 48 heavy (non-hydrogen) atoms. The summed E-state index contributed by atoms with van der Waals surface area (Å²) in [6.07, 6.45) is 8.48. The molecule has 232 valence electrons. The highest BCUT2D eigenvalue weighted by Crippen LogP contribution is 2.60. The Morgan fingerprint density at radius 3 is 1.88 bits per heavy atom. The summed E-state index contributed by atoms with van der Waals surface area (Å²) < 4.78 is 2.22. The second-order valence-corrected chi connectivity index (χ2v) is 14.9. The van der Waals surface area contributed by atoms with Crippen molar-refractivity contribution in [1.82, 2.24) is 24.5 Å². The summed E-state index contributed by atoms with van der Waals surface area (Å²) in [5, 5.41) is 4.83. The Morgan fingerprint density at radius 2 is 1.15 bits per heavy atom. The fourth-order valence-electron chi connectivity index (χ4n) is 10.3. The standard InChI is InChI=1S/C43H35N5/c1-2-8-29(9-3-1)40-45-41(30-14-16-31(17-15-30)43-23-26-18-27(24-43)20-28(19-26)25-43)47-42(46-40)48-38-13-7-5-11-33(38)35-21-34-32-10-4-6-12-36(32)44-37(34)22-39(35)48/h1-17,21-22,26-28,44H,18-20,23-25H2. The van der Waals surface area contributed by atoms with E-state index in [4.69, 9.17) is 15.0 Å². The van der Waals surface area contributed by atoms with Gasteiger partial charge < -0.3 is 4.98 Å². The van der Waals surface area contributed by atoms with Crippen molar-refractivity contribution in [2.24, 2.45) is 17.8 Å². The predicted molar refractivity (Wildman–Crippen MR) is 194 cm³/mol. The van der Waals surface area contributed by atoms with Crippen LogP contribution in [0.4, 0.5) is 0 Å². The molecule has 5 nitrogen and oxygen atoms in total. The first kappa shape index (κ1) is 26.7. The van der Waals surface area contributed by atoms with Gasteiger partial charge in [0.1, 0.15) is 0 Å². The molecule has 5 aromatic carbocycles. The van der Waals surface area contributed by atoms with E-state index in [0.29, 0.717) is 23.0 Å². The first-order valence-corrected chi connectivity index (χ1v) is 17.5. The van der Waals surface area contributed by atoms with Gasteiger partial charge in [-0.25, -0.2) is 4.98 Å². The van der Waals surface area contributed by atoms with Crippen LogP contribution in [0.15, 0.2) is 115 Å². The molecule has 3 aromatic heterocycles. The number of hydrogen-bond donors (Lipinski definition) is 1. The smallest absolute Gasteiger partial charge is 0.238 e. The summed E-state index contributed by atoms with van der Waals surface area (Å²) in [5.74, 6) is 4.78.